The van der Waals surface area contributed by atoms with Gasteiger partial charge in [0.05, 0.1) is 0 Å². The van der Waals surface area contributed by atoms with E-state index in [2.05, 4.69) is 21.3 Å². The van der Waals surface area contributed by atoms with Crippen LogP contribution in [0.4, 0.5) is 0 Å². The van der Waals surface area contributed by atoms with E-state index >= 15 is 0 Å². The van der Waals surface area contributed by atoms with Crippen molar-refractivity contribution in [1.29, 1.82) is 0 Å². The van der Waals surface area contributed by atoms with Crippen LogP contribution in [0.1, 0.15) is 111 Å². The van der Waals surface area contributed by atoms with Crippen molar-refractivity contribution in [3.8, 4) is 0 Å². The molecule has 0 aliphatic carbocycles. The van der Waals surface area contributed by atoms with E-state index in [1.54, 1.807) is 90.0 Å². The monoisotopic (exact) mass is 568 g/mol. The van der Waals surface area contributed by atoms with Crippen molar-refractivity contribution in [1.82, 2.24) is 21.3 Å². The second-order valence-corrected chi connectivity index (χ2v) is 14.0. The molecule has 0 unspecified atom stereocenters. The van der Waals surface area contributed by atoms with E-state index in [1.807, 2.05) is 13.8 Å². The molecule has 0 saturated heterocycles. The van der Waals surface area contributed by atoms with Gasteiger partial charge in [-0.3, -0.25) is 19.2 Å². The Morgan fingerprint density at radius 3 is 0.950 bits per heavy atom. The SMILES string of the molecule is CC(=O)N[C@](C)(C(=O)N[C@](C)(C(=O)N[C@](C)(C(=O)N[C@@](C)(C(=O)OC(C)(C)C)C(C)C)C(C)C)C(C)C)C(C)C. The van der Waals surface area contributed by atoms with Crippen LogP contribution in [-0.4, -0.2) is 57.4 Å². The molecule has 0 rings (SSSR count). The van der Waals surface area contributed by atoms with Gasteiger partial charge in [-0.25, -0.2) is 4.79 Å². The molecule has 0 heterocycles. The summed E-state index contributed by atoms with van der Waals surface area (Å²) < 4.78 is 5.61. The Hall–Kier alpha value is -2.65. The number of amides is 4. The summed E-state index contributed by atoms with van der Waals surface area (Å²) in [5.41, 5.74) is -6.28. The number of hydrogen-bond acceptors (Lipinski definition) is 6. The number of ether oxygens (including phenoxy) is 1. The molecule has 4 amide bonds. The fraction of sp³-hybridized carbons (Fsp3) is 0.833. The van der Waals surface area contributed by atoms with Gasteiger partial charge in [0.25, 0.3) is 0 Å². The van der Waals surface area contributed by atoms with Gasteiger partial charge in [0.15, 0.2) is 0 Å². The first kappa shape index (κ1) is 37.4. The first-order valence-electron chi connectivity index (χ1n) is 14.2. The van der Waals surface area contributed by atoms with E-state index in [9.17, 15) is 24.0 Å². The number of nitrogens with one attached hydrogen (secondary N) is 4. The molecule has 0 aliphatic rings. The molecule has 10 nitrogen and oxygen atoms in total. The van der Waals surface area contributed by atoms with Gasteiger partial charge in [-0.05, 0) is 72.1 Å². The maximum atomic E-state index is 13.9. The lowest BCUT2D eigenvalue weighted by atomic mass is 9.80. The lowest BCUT2D eigenvalue weighted by molar-refractivity contribution is -0.167. The molecule has 0 bridgehead atoms. The van der Waals surface area contributed by atoms with Gasteiger partial charge < -0.3 is 26.0 Å². The highest BCUT2D eigenvalue weighted by molar-refractivity contribution is 6.00. The van der Waals surface area contributed by atoms with Crippen molar-refractivity contribution in [2.45, 2.75) is 139 Å². The van der Waals surface area contributed by atoms with E-state index in [4.69, 9.17) is 4.74 Å². The maximum absolute atomic E-state index is 13.9. The summed E-state index contributed by atoms with van der Waals surface area (Å²) in [6.45, 7) is 27.4. The second kappa shape index (κ2) is 12.9. The quantitative estimate of drug-likeness (QED) is 0.266. The molecule has 232 valence electrons. The van der Waals surface area contributed by atoms with Gasteiger partial charge in [-0.2, -0.15) is 0 Å². The van der Waals surface area contributed by atoms with E-state index in [0.717, 1.165) is 0 Å². The van der Waals surface area contributed by atoms with Gasteiger partial charge in [-0.1, -0.05) is 55.4 Å². The first-order chi connectivity index (χ1) is 17.7. The third kappa shape index (κ3) is 8.43. The summed E-state index contributed by atoms with van der Waals surface area (Å²) in [5, 5.41) is 11.3. The second-order valence-electron chi connectivity index (χ2n) is 14.0. The topological polar surface area (TPSA) is 143 Å². The molecule has 0 fully saturated rings. The van der Waals surface area contributed by atoms with Crippen LogP contribution in [0.5, 0.6) is 0 Å². The molecule has 4 N–H and O–H groups in total. The van der Waals surface area contributed by atoms with Gasteiger partial charge >= 0.3 is 5.97 Å². The molecular formula is C30H56N4O6. The summed E-state index contributed by atoms with van der Waals surface area (Å²) in [6, 6.07) is 0. The number of hydrogen-bond donors (Lipinski definition) is 4. The van der Waals surface area contributed by atoms with Crippen molar-refractivity contribution in [3.63, 3.8) is 0 Å². The minimum absolute atomic E-state index is 0.274. The van der Waals surface area contributed by atoms with Crippen molar-refractivity contribution in [3.05, 3.63) is 0 Å². The average molecular weight is 569 g/mol. The van der Waals surface area contributed by atoms with Crippen molar-refractivity contribution < 1.29 is 28.7 Å². The Kier molecular flexibility index (Phi) is 12.0. The van der Waals surface area contributed by atoms with Crippen molar-refractivity contribution >= 4 is 29.6 Å². The predicted molar refractivity (Wildman–Crippen MR) is 157 cm³/mol. The molecule has 0 aromatic heterocycles. The molecule has 0 spiro atoms. The van der Waals surface area contributed by atoms with Crippen LogP contribution >= 0.6 is 0 Å². The smallest absolute Gasteiger partial charge is 0.332 e. The van der Waals surface area contributed by atoms with Gasteiger partial charge in [0.1, 0.15) is 27.8 Å². The zero-order valence-corrected chi connectivity index (χ0v) is 27.8. The zero-order chi connectivity index (χ0) is 32.2. The predicted octanol–water partition coefficient (Wildman–Crippen LogP) is 3.47. The fourth-order valence-corrected chi connectivity index (χ4v) is 3.67. The van der Waals surface area contributed by atoms with Crippen LogP contribution < -0.4 is 21.3 Å². The highest BCUT2D eigenvalue weighted by Gasteiger charge is 2.50. The summed E-state index contributed by atoms with van der Waals surface area (Å²) in [5.74, 6) is -3.95. The van der Waals surface area contributed by atoms with Crippen molar-refractivity contribution in [2.24, 2.45) is 23.7 Å². The van der Waals surface area contributed by atoms with E-state index < -0.39 is 51.4 Å². The van der Waals surface area contributed by atoms with Crippen LogP contribution in [0.2, 0.25) is 0 Å². The normalized spacial score (nSPS) is 18.2. The van der Waals surface area contributed by atoms with Gasteiger partial charge in [0.2, 0.25) is 23.6 Å². The number of esters is 1. The van der Waals surface area contributed by atoms with Crippen LogP contribution in [0.15, 0.2) is 0 Å². The molecule has 0 radical (unpaired) electrons. The van der Waals surface area contributed by atoms with E-state index in [1.165, 1.54) is 6.92 Å². The molecule has 0 aromatic rings. The summed E-state index contributed by atoms with van der Waals surface area (Å²) in [6.07, 6.45) is 0. The average Bonchev–Trinajstić information content (AvgIpc) is 2.76. The highest BCUT2D eigenvalue weighted by atomic mass is 16.6. The fourth-order valence-electron chi connectivity index (χ4n) is 3.67. The lowest BCUT2D eigenvalue weighted by Crippen LogP contribution is -2.72. The molecule has 10 heteroatoms. The largest absolute Gasteiger partial charge is 0.458 e. The van der Waals surface area contributed by atoms with Crippen LogP contribution in [0.25, 0.3) is 0 Å². The van der Waals surface area contributed by atoms with Gasteiger partial charge in [-0.15, -0.1) is 0 Å². The standard InChI is InChI=1S/C30H56N4O6/c1-17(2)27(13,31-21(9)35)22(36)32-28(14,18(3)4)23(37)33-29(15,19(5)6)24(38)34-30(16,20(7)8)25(39)40-26(10,11)12/h17-20H,1-16H3,(H,31,35)(H,32,36)(H,33,37)(H,34,38)/t27-,28-,29-,30+/m0/s1. The van der Waals surface area contributed by atoms with Crippen molar-refractivity contribution in [2.75, 3.05) is 0 Å². The third-order valence-electron chi connectivity index (χ3n) is 8.41. The molecule has 0 aromatic carbocycles. The van der Waals surface area contributed by atoms with Gasteiger partial charge in [0, 0.05) is 6.92 Å². The third-order valence-corrected chi connectivity index (χ3v) is 8.41. The Morgan fingerprint density at radius 1 is 0.475 bits per heavy atom. The Bertz CT molecular complexity index is 970. The summed E-state index contributed by atoms with van der Waals surface area (Å²) >= 11 is 0. The van der Waals surface area contributed by atoms with Crippen LogP contribution in [0.3, 0.4) is 0 Å². The maximum Gasteiger partial charge on any atom is 0.332 e. The molecular weight excluding hydrogens is 512 g/mol. The van der Waals surface area contributed by atoms with E-state index in [-0.39, 0.29) is 29.6 Å². The number of carbonyl (C=O) groups excluding carboxylic acids is 5. The molecule has 4 atom stereocenters. The zero-order valence-electron chi connectivity index (χ0n) is 27.8. The highest BCUT2D eigenvalue weighted by Crippen LogP contribution is 2.28. The lowest BCUT2D eigenvalue weighted by Gasteiger charge is -2.43. The van der Waals surface area contributed by atoms with Crippen LogP contribution in [-0.2, 0) is 28.7 Å². The number of carbonyl (C=O) groups is 5. The minimum Gasteiger partial charge on any atom is -0.458 e. The first-order valence-corrected chi connectivity index (χ1v) is 14.2. The molecule has 0 saturated carbocycles. The number of rotatable bonds is 12. The Balaban J connectivity index is 6.41. The summed E-state index contributed by atoms with van der Waals surface area (Å²) in [4.78, 5) is 66.3. The Labute approximate surface area is 241 Å². The molecule has 0 aliphatic heterocycles. The summed E-state index contributed by atoms with van der Waals surface area (Å²) in [7, 11) is 0. The van der Waals surface area contributed by atoms with E-state index in [0.29, 0.717) is 0 Å². The Morgan fingerprint density at radius 2 is 0.725 bits per heavy atom. The minimum atomic E-state index is -1.45. The van der Waals surface area contributed by atoms with Crippen LogP contribution in [0, 0.1) is 23.7 Å². The molecule has 40 heavy (non-hydrogen) atoms.